The standard InChI is InChI=1S/C26H29FN6O4/c1-26(2,15-33-11-13-37-14-12-33)32-25(36)22-21(28-16-29-22)24(35)31-20-9-7-19(8-10-20)30-23(34)17-3-5-18(27)6-4-17/h3-10,16H,11-15H2,1-2H3,(H,28,29)(H,30,34)(H,31,35)(H,32,36). The molecule has 1 aromatic heterocycles. The van der Waals surface area contributed by atoms with Crippen molar-refractivity contribution in [2.75, 3.05) is 43.5 Å². The number of rotatable bonds is 8. The minimum absolute atomic E-state index is 0.0339. The van der Waals surface area contributed by atoms with Gasteiger partial charge in [0.2, 0.25) is 0 Å². The molecule has 194 valence electrons. The molecule has 4 rings (SSSR count). The Balaban J connectivity index is 1.35. The quantitative estimate of drug-likeness (QED) is 0.370. The van der Waals surface area contributed by atoms with E-state index in [-0.39, 0.29) is 17.3 Å². The van der Waals surface area contributed by atoms with Crippen LogP contribution in [0.1, 0.15) is 45.2 Å². The summed E-state index contributed by atoms with van der Waals surface area (Å²) in [5, 5.41) is 8.39. The third-order valence-corrected chi connectivity index (χ3v) is 5.76. The van der Waals surface area contributed by atoms with Crippen LogP contribution in [0.5, 0.6) is 0 Å². The molecule has 0 radical (unpaired) electrons. The molecule has 1 fully saturated rings. The van der Waals surface area contributed by atoms with E-state index >= 15 is 0 Å². The molecule has 1 aliphatic heterocycles. The molecule has 10 nitrogen and oxygen atoms in total. The van der Waals surface area contributed by atoms with Crippen LogP contribution in [-0.4, -0.2) is 71.0 Å². The smallest absolute Gasteiger partial charge is 0.276 e. The van der Waals surface area contributed by atoms with E-state index in [9.17, 15) is 18.8 Å². The molecule has 2 heterocycles. The molecule has 4 N–H and O–H groups in total. The first-order valence-electron chi connectivity index (χ1n) is 11.8. The van der Waals surface area contributed by atoms with Crippen molar-refractivity contribution in [1.29, 1.82) is 0 Å². The zero-order valence-corrected chi connectivity index (χ0v) is 20.6. The largest absolute Gasteiger partial charge is 0.379 e. The van der Waals surface area contributed by atoms with Gasteiger partial charge in [0, 0.05) is 42.1 Å². The van der Waals surface area contributed by atoms with Gasteiger partial charge in [0.1, 0.15) is 11.5 Å². The fourth-order valence-corrected chi connectivity index (χ4v) is 4.00. The van der Waals surface area contributed by atoms with Crippen LogP contribution in [0.4, 0.5) is 15.8 Å². The summed E-state index contributed by atoms with van der Waals surface area (Å²) >= 11 is 0. The summed E-state index contributed by atoms with van der Waals surface area (Å²) in [6, 6.07) is 11.6. The summed E-state index contributed by atoms with van der Waals surface area (Å²) in [7, 11) is 0. The Morgan fingerprint density at radius 3 is 2.16 bits per heavy atom. The number of aromatic amines is 1. The predicted octanol–water partition coefficient (Wildman–Crippen LogP) is 2.89. The first kappa shape index (κ1) is 26.0. The summed E-state index contributed by atoms with van der Waals surface area (Å²) in [6.07, 6.45) is 1.30. The second-order valence-electron chi connectivity index (χ2n) is 9.35. The van der Waals surface area contributed by atoms with Crippen LogP contribution in [0.2, 0.25) is 0 Å². The van der Waals surface area contributed by atoms with Crippen molar-refractivity contribution in [3.8, 4) is 0 Å². The van der Waals surface area contributed by atoms with Crippen LogP contribution in [0.15, 0.2) is 54.9 Å². The number of anilines is 2. The molecule has 37 heavy (non-hydrogen) atoms. The first-order chi connectivity index (χ1) is 17.7. The summed E-state index contributed by atoms with van der Waals surface area (Å²) in [5.41, 5.74) is 0.753. The highest BCUT2D eigenvalue weighted by molar-refractivity contribution is 6.10. The highest BCUT2D eigenvalue weighted by Crippen LogP contribution is 2.17. The lowest BCUT2D eigenvalue weighted by molar-refractivity contribution is 0.0268. The van der Waals surface area contributed by atoms with Crippen molar-refractivity contribution in [3.05, 3.63) is 77.6 Å². The van der Waals surface area contributed by atoms with Crippen LogP contribution < -0.4 is 16.0 Å². The van der Waals surface area contributed by atoms with E-state index in [0.29, 0.717) is 36.7 Å². The highest BCUT2D eigenvalue weighted by atomic mass is 19.1. The van der Waals surface area contributed by atoms with Crippen LogP contribution in [-0.2, 0) is 4.74 Å². The number of benzene rings is 2. The van der Waals surface area contributed by atoms with E-state index in [1.165, 1.54) is 30.6 Å². The molecular formula is C26H29FN6O4. The lowest BCUT2D eigenvalue weighted by Crippen LogP contribution is -2.53. The van der Waals surface area contributed by atoms with Crippen molar-refractivity contribution in [2.45, 2.75) is 19.4 Å². The number of amides is 3. The van der Waals surface area contributed by atoms with Crippen molar-refractivity contribution >= 4 is 29.1 Å². The number of hydrogen-bond donors (Lipinski definition) is 4. The van der Waals surface area contributed by atoms with E-state index in [2.05, 4.69) is 30.8 Å². The number of aromatic nitrogens is 2. The monoisotopic (exact) mass is 508 g/mol. The van der Waals surface area contributed by atoms with Gasteiger partial charge in [-0.1, -0.05) is 0 Å². The molecule has 1 aliphatic rings. The summed E-state index contributed by atoms with van der Waals surface area (Å²) < 4.78 is 18.4. The van der Waals surface area contributed by atoms with Crippen LogP contribution in [0.25, 0.3) is 0 Å². The van der Waals surface area contributed by atoms with Gasteiger partial charge in [-0.3, -0.25) is 19.3 Å². The molecule has 3 amide bonds. The van der Waals surface area contributed by atoms with Gasteiger partial charge in [0.25, 0.3) is 17.7 Å². The summed E-state index contributed by atoms with van der Waals surface area (Å²) in [5.74, 6) is -1.80. The molecule has 3 aromatic rings. The average molecular weight is 509 g/mol. The fraction of sp³-hybridized carbons (Fsp3) is 0.308. The van der Waals surface area contributed by atoms with Crippen molar-refractivity contribution in [2.24, 2.45) is 0 Å². The zero-order chi connectivity index (χ0) is 26.4. The predicted molar refractivity (Wildman–Crippen MR) is 136 cm³/mol. The maximum absolute atomic E-state index is 13.1. The van der Waals surface area contributed by atoms with Crippen LogP contribution in [0, 0.1) is 5.82 Å². The van der Waals surface area contributed by atoms with Gasteiger partial charge in [0.05, 0.1) is 19.5 Å². The fourth-order valence-electron chi connectivity index (χ4n) is 4.00. The molecule has 11 heteroatoms. The minimum atomic E-state index is -0.555. The topological polar surface area (TPSA) is 128 Å². The lowest BCUT2D eigenvalue weighted by atomic mass is 10.0. The van der Waals surface area contributed by atoms with Gasteiger partial charge in [-0.2, -0.15) is 0 Å². The van der Waals surface area contributed by atoms with E-state index in [4.69, 9.17) is 4.74 Å². The van der Waals surface area contributed by atoms with Gasteiger partial charge in [0.15, 0.2) is 5.69 Å². The Bertz CT molecular complexity index is 1250. The maximum atomic E-state index is 13.1. The van der Waals surface area contributed by atoms with Gasteiger partial charge < -0.3 is 25.7 Å². The molecule has 0 atom stereocenters. The van der Waals surface area contributed by atoms with Gasteiger partial charge in [-0.15, -0.1) is 0 Å². The third-order valence-electron chi connectivity index (χ3n) is 5.76. The summed E-state index contributed by atoms with van der Waals surface area (Å²) in [4.78, 5) is 47.1. The Hall–Kier alpha value is -4.09. The number of H-pyrrole nitrogens is 1. The van der Waals surface area contributed by atoms with E-state index in [1.54, 1.807) is 24.3 Å². The van der Waals surface area contributed by atoms with Gasteiger partial charge in [-0.25, -0.2) is 9.37 Å². The molecule has 0 unspecified atom stereocenters. The Labute approximate surface area is 213 Å². The summed E-state index contributed by atoms with van der Waals surface area (Å²) in [6.45, 7) is 7.41. The Morgan fingerprint density at radius 2 is 1.54 bits per heavy atom. The number of halogens is 1. The SMILES string of the molecule is CC(C)(CN1CCOCC1)NC(=O)c1[nH]cnc1C(=O)Nc1ccc(NC(=O)c2ccc(F)cc2)cc1. The molecule has 0 bridgehead atoms. The molecule has 0 saturated carbocycles. The van der Waals surface area contributed by atoms with Crippen molar-refractivity contribution in [1.82, 2.24) is 20.2 Å². The number of morpholine rings is 1. The van der Waals surface area contributed by atoms with Gasteiger partial charge in [-0.05, 0) is 62.4 Å². The minimum Gasteiger partial charge on any atom is -0.379 e. The zero-order valence-electron chi connectivity index (χ0n) is 20.6. The molecule has 0 spiro atoms. The van der Waals surface area contributed by atoms with Crippen LogP contribution in [0.3, 0.4) is 0 Å². The second-order valence-corrected chi connectivity index (χ2v) is 9.35. The van der Waals surface area contributed by atoms with Crippen LogP contribution >= 0.6 is 0 Å². The molecule has 2 aromatic carbocycles. The number of carbonyl (C=O) groups is 3. The second kappa shape index (κ2) is 11.3. The normalized spacial score (nSPS) is 14.1. The average Bonchev–Trinajstić information content (AvgIpc) is 3.36. The number of imidazole rings is 1. The van der Waals surface area contributed by atoms with E-state index in [1.807, 2.05) is 13.8 Å². The number of carbonyl (C=O) groups excluding carboxylic acids is 3. The first-order valence-corrected chi connectivity index (χ1v) is 11.8. The van der Waals surface area contributed by atoms with Gasteiger partial charge >= 0.3 is 0 Å². The highest BCUT2D eigenvalue weighted by Gasteiger charge is 2.28. The maximum Gasteiger partial charge on any atom is 0.276 e. The molecule has 0 aliphatic carbocycles. The Kier molecular flexibility index (Phi) is 7.95. The third kappa shape index (κ3) is 6.99. The number of nitrogens with one attached hydrogen (secondary N) is 4. The van der Waals surface area contributed by atoms with Crippen molar-refractivity contribution in [3.63, 3.8) is 0 Å². The number of nitrogens with zero attached hydrogens (tertiary/aromatic N) is 2. The number of ether oxygens (including phenoxy) is 1. The Morgan fingerprint density at radius 1 is 0.946 bits per heavy atom. The number of hydrogen-bond acceptors (Lipinski definition) is 6. The van der Waals surface area contributed by atoms with Crippen molar-refractivity contribution < 1.29 is 23.5 Å². The van der Waals surface area contributed by atoms with E-state index < -0.39 is 23.2 Å². The van der Waals surface area contributed by atoms with E-state index in [0.717, 1.165) is 13.1 Å². The lowest BCUT2D eigenvalue weighted by Gasteiger charge is -2.35. The molecular weight excluding hydrogens is 479 g/mol. The molecule has 1 saturated heterocycles.